The predicted octanol–water partition coefficient (Wildman–Crippen LogP) is 7.45. The lowest BCUT2D eigenvalue weighted by Crippen LogP contribution is -2.05. The molecule has 0 N–H and O–H groups in total. The van der Waals surface area contributed by atoms with Crippen LogP contribution in [0.25, 0.3) is 6.08 Å². The first-order chi connectivity index (χ1) is 16.3. The third-order valence-corrected chi connectivity index (χ3v) is 7.81. The van der Waals surface area contributed by atoms with Gasteiger partial charge in [0.1, 0.15) is 6.61 Å². The van der Waals surface area contributed by atoms with Gasteiger partial charge in [-0.2, -0.15) is 0 Å². The topological polar surface area (TPSA) is 57.1 Å². The molecular weight excluding hydrogens is 677 g/mol. The summed E-state index contributed by atoms with van der Waals surface area (Å²) in [6.07, 6.45) is 1.68. The second-order valence-corrected chi connectivity index (χ2v) is 10.4. The van der Waals surface area contributed by atoms with E-state index in [-0.39, 0.29) is 11.6 Å². The summed E-state index contributed by atoms with van der Waals surface area (Å²) in [7, 11) is 0. The predicted molar refractivity (Wildman–Crippen MR) is 148 cm³/mol. The summed E-state index contributed by atoms with van der Waals surface area (Å²) in [5, 5.41) is 0. The Balaban J connectivity index is 1.61. The van der Waals surface area contributed by atoms with Crippen molar-refractivity contribution in [3.63, 3.8) is 0 Å². The van der Waals surface area contributed by atoms with E-state index in [9.17, 15) is 4.79 Å². The van der Waals surface area contributed by atoms with E-state index in [1.807, 2.05) is 62.4 Å². The molecule has 4 rings (SSSR count). The van der Waals surface area contributed by atoms with Crippen LogP contribution < -0.4 is 9.47 Å². The average Bonchev–Trinajstić information content (AvgIpc) is 3.15. The number of cyclic esters (lactones) is 1. The van der Waals surface area contributed by atoms with Crippen LogP contribution in [0.15, 0.2) is 74.2 Å². The fourth-order valence-electron chi connectivity index (χ4n) is 3.35. The first-order valence-corrected chi connectivity index (χ1v) is 13.1. The van der Waals surface area contributed by atoms with Gasteiger partial charge in [0.15, 0.2) is 17.2 Å². The second kappa shape index (κ2) is 11.0. The molecule has 0 aromatic heterocycles. The maximum Gasteiger partial charge on any atom is 0.363 e. The minimum atomic E-state index is -0.501. The highest BCUT2D eigenvalue weighted by molar-refractivity contribution is 14.1. The number of esters is 1. The summed E-state index contributed by atoms with van der Waals surface area (Å²) in [6.45, 7) is 4.84. The van der Waals surface area contributed by atoms with Crippen molar-refractivity contribution in [3.8, 4) is 11.5 Å². The van der Waals surface area contributed by atoms with Gasteiger partial charge in [0.2, 0.25) is 5.90 Å². The van der Waals surface area contributed by atoms with Crippen LogP contribution in [0.5, 0.6) is 11.5 Å². The number of halogens is 3. The summed E-state index contributed by atoms with van der Waals surface area (Å²) >= 11 is 9.31. The Morgan fingerprint density at radius 2 is 1.88 bits per heavy atom. The minimum Gasteiger partial charge on any atom is -0.490 e. The molecule has 0 amide bonds. The molecule has 8 heteroatoms. The second-order valence-electron chi connectivity index (χ2n) is 7.51. The Hall–Kier alpha value is -2.17. The highest BCUT2D eigenvalue weighted by atomic mass is 127. The molecule has 0 atom stereocenters. The average molecular weight is 697 g/mol. The number of aryl methyl sites for hydroxylation is 1. The SMILES string of the molecule is CCOc1cc(/C=C2\N=C(c3ccc(I)c(Br)c3)OC2=O)cc(Br)c1OCc1cccc(C)c1. The van der Waals surface area contributed by atoms with Crippen molar-refractivity contribution >= 4 is 72.4 Å². The van der Waals surface area contributed by atoms with Gasteiger partial charge in [0.05, 0.1) is 11.1 Å². The van der Waals surface area contributed by atoms with Gasteiger partial charge in [-0.05, 0) is 116 Å². The molecule has 0 spiro atoms. The molecule has 1 aliphatic rings. The number of carbonyl (C=O) groups is 1. The Bertz CT molecular complexity index is 1320. The van der Waals surface area contributed by atoms with E-state index in [4.69, 9.17) is 14.2 Å². The largest absolute Gasteiger partial charge is 0.490 e. The summed E-state index contributed by atoms with van der Waals surface area (Å²) in [5.41, 5.74) is 3.91. The molecule has 0 saturated carbocycles. The lowest BCUT2D eigenvalue weighted by molar-refractivity contribution is -0.129. The Morgan fingerprint density at radius 3 is 2.62 bits per heavy atom. The molecule has 0 fully saturated rings. The number of nitrogens with zero attached hydrogens (tertiary/aromatic N) is 1. The fraction of sp³-hybridized carbons (Fsp3) is 0.154. The standard InChI is InChI=1S/C26H20Br2INO4/c1-3-32-23-12-17(10-20(28)24(23)33-14-16-6-4-5-15(2)9-16)11-22-26(31)34-25(30-22)18-7-8-21(29)19(27)13-18/h4-13H,3,14H2,1-2H3/b22-11-. The van der Waals surface area contributed by atoms with Gasteiger partial charge in [0, 0.05) is 13.6 Å². The van der Waals surface area contributed by atoms with Crippen LogP contribution in [0.3, 0.4) is 0 Å². The molecule has 174 valence electrons. The fourth-order valence-corrected chi connectivity index (χ4v) is 4.64. The number of hydrogen-bond acceptors (Lipinski definition) is 5. The first-order valence-electron chi connectivity index (χ1n) is 10.5. The third-order valence-electron chi connectivity index (χ3n) is 4.89. The molecule has 34 heavy (non-hydrogen) atoms. The normalized spacial score (nSPS) is 14.2. The number of aliphatic imine (C=N–C) groups is 1. The van der Waals surface area contributed by atoms with E-state index in [0.29, 0.717) is 24.7 Å². The number of ether oxygens (including phenoxy) is 3. The zero-order chi connectivity index (χ0) is 24.2. The van der Waals surface area contributed by atoms with Gasteiger partial charge in [-0.1, -0.05) is 29.8 Å². The Morgan fingerprint density at radius 1 is 1.06 bits per heavy atom. The van der Waals surface area contributed by atoms with Crippen molar-refractivity contribution in [1.29, 1.82) is 0 Å². The van der Waals surface area contributed by atoms with Crippen molar-refractivity contribution in [2.75, 3.05) is 6.61 Å². The van der Waals surface area contributed by atoms with Crippen molar-refractivity contribution in [1.82, 2.24) is 0 Å². The lowest BCUT2D eigenvalue weighted by Gasteiger charge is -2.15. The maximum atomic E-state index is 12.5. The minimum absolute atomic E-state index is 0.215. The van der Waals surface area contributed by atoms with Crippen molar-refractivity contribution < 1.29 is 19.0 Å². The first kappa shape index (κ1) is 24.9. The van der Waals surface area contributed by atoms with Crippen LogP contribution in [0, 0.1) is 10.5 Å². The maximum absolute atomic E-state index is 12.5. The number of carbonyl (C=O) groups excluding carboxylic acids is 1. The van der Waals surface area contributed by atoms with Gasteiger partial charge in [0.25, 0.3) is 0 Å². The van der Waals surface area contributed by atoms with Gasteiger partial charge < -0.3 is 14.2 Å². The van der Waals surface area contributed by atoms with E-state index in [0.717, 1.165) is 29.2 Å². The molecule has 0 radical (unpaired) electrons. The molecule has 1 aliphatic heterocycles. The van der Waals surface area contributed by atoms with Crippen LogP contribution in [0.1, 0.15) is 29.2 Å². The highest BCUT2D eigenvalue weighted by Gasteiger charge is 2.25. The van der Waals surface area contributed by atoms with Crippen LogP contribution in [0.2, 0.25) is 0 Å². The quantitative estimate of drug-likeness (QED) is 0.146. The Labute approximate surface area is 228 Å². The number of hydrogen-bond donors (Lipinski definition) is 0. The van der Waals surface area contributed by atoms with E-state index in [1.165, 1.54) is 5.56 Å². The van der Waals surface area contributed by atoms with Crippen molar-refractivity contribution in [2.24, 2.45) is 4.99 Å². The van der Waals surface area contributed by atoms with Crippen LogP contribution in [0.4, 0.5) is 0 Å². The molecule has 0 saturated heterocycles. The third kappa shape index (κ3) is 5.90. The van der Waals surface area contributed by atoms with Gasteiger partial charge in [-0.15, -0.1) is 0 Å². The van der Waals surface area contributed by atoms with E-state index < -0.39 is 5.97 Å². The molecule has 3 aromatic carbocycles. The Kier molecular flexibility index (Phi) is 8.10. The molecule has 3 aromatic rings. The molecule has 1 heterocycles. The van der Waals surface area contributed by atoms with Gasteiger partial charge in [-0.3, -0.25) is 0 Å². The molecule has 0 unspecified atom stereocenters. The van der Waals surface area contributed by atoms with Crippen LogP contribution >= 0.6 is 54.5 Å². The number of rotatable bonds is 7. The van der Waals surface area contributed by atoms with Crippen LogP contribution in [-0.2, 0) is 16.1 Å². The van der Waals surface area contributed by atoms with E-state index in [2.05, 4.69) is 65.5 Å². The summed E-state index contributed by atoms with van der Waals surface area (Å²) < 4.78 is 20.0. The smallest absolute Gasteiger partial charge is 0.363 e. The van der Waals surface area contributed by atoms with Gasteiger partial charge in [-0.25, -0.2) is 9.79 Å². The van der Waals surface area contributed by atoms with Gasteiger partial charge >= 0.3 is 5.97 Å². The monoisotopic (exact) mass is 695 g/mol. The number of benzene rings is 3. The highest BCUT2D eigenvalue weighted by Crippen LogP contribution is 2.38. The summed E-state index contributed by atoms with van der Waals surface area (Å²) in [6, 6.07) is 17.5. The lowest BCUT2D eigenvalue weighted by atomic mass is 10.1. The molecule has 0 bridgehead atoms. The summed E-state index contributed by atoms with van der Waals surface area (Å²) in [4.78, 5) is 16.9. The zero-order valence-corrected chi connectivity index (χ0v) is 23.7. The van der Waals surface area contributed by atoms with Crippen molar-refractivity contribution in [3.05, 3.63) is 95.1 Å². The molecule has 5 nitrogen and oxygen atoms in total. The zero-order valence-electron chi connectivity index (χ0n) is 18.4. The van der Waals surface area contributed by atoms with Crippen molar-refractivity contribution in [2.45, 2.75) is 20.5 Å². The van der Waals surface area contributed by atoms with E-state index in [1.54, 1.807) is 6.08 Å². The molecule has 0 aliphatic carbocycles. The van der Waals surface area contributed by atoms with Crippen LogP contribution in [-0.4, -0.2) is 18.5 Å². The van der Waals surface area contributed by atoms with E-state index >= 15 is 0 Å². The molecular formula is C26H20Br2INO4. The summed E-state index contributed by atoms with van der Waals surface area (Å²) in [5.74, 6) is 0.954.